The van der Waals surface area contributed by atoms with Gasteiger partial charge in [-0.05, 0) is 25.2 Å². The van der Waals surface area contributed by atoms with Gasteiger partial charge in [-0.2, -0.15) is 17.4 Å². The second-order valence-corrected chi connectivity index (χ2v) is 6.58. The minimum absolute atomic E-state index is 0.106. The molecule has 8 heteroatoms. The van der Waals surface area contributed by atoms with Crippen molar-refractivity contribution in [1.29, 1.82) is 0 Å². The molecule has 1 unspecified atom stereocenters. The summed E-state index contributed by atoms with van der Waals surface area (Å²) in [7, 11) is -2.29. The lowest BCUT2D eigenvalue weighted by Crippen LogP contribution is -2.50. The van der Waals surface area contributed by atoms with Gasteiger partial charge in [0.15, 0.2) is 0 Å². The summed E-state index contributed by atoms with van der Waals surface area (Å²) in [6.45, 7) is 3.15. The van der Waals surface area contributed by atoms with Crippen LogP contribution in [0.15, 0.2) is 0 Å². The normalized spacial score (nSPS) is 20.3. The highest BCUT2D eigenvalue weighted by atomic mass is 32.2. The van der Waals surface area contributed by atoms with Crippen LogP contribution in [0.1, 0.15) is 26.2 Å². The molecule has 0 aromatic carbocycles. The minimum Gasteiger partial charge on any atom is -0.480 e. The highest BCUT2D eigenvalue weighted by Crippen LogP contribution is 2.18. The summed E-state index contributed by atoms with van der Waals surface area (Å²) in [5.41, 5.74) is 0. The molecule has 112 valence electrons. The maximum atomic E-state index is 12.1. The Bertz CT molecular complexity index is 390. The molecular formula is C11H22N2O5S. The fourth-order valence-corrected chi connectivity index (χ4v) is 3.37. The van der Waals surface area contributed by atoms with Crippen molar-refractivity contribution in [3.63, 3.8) is 0 Å². The van der Waals surface area contributed by atoms with Crippen LogP contribution >= 0.6 is 0 Å². The fraction of sp³-hybridized carbons (Fsp3) is 0.909. The molecule has 0 radical (unpaired) electrons. The summed E-state index contributed by atoms with van der Waals surface area (Å²) in [6.07, 6.45) is 1.71. The Balaban J connectivity index is 2.63. The molecule has 1 heterocycles. The van der Waals surface area contributed by atoms with E-state index in [1.165, 1.54) is 11.4 Å². The van der Waals surface area contributed by atoms with E-state index >= 15 is 0 Å². The lowest BCUT2D eigenvalue weighted by Gasteiger charge is -2.30. The number of aliphatic carboxylic acids is 1. The van der Waals surface area contributed by atoms with Crippen molar-refractivity contribution in [2.75, 3.05) is 26.8 Å². The van der Waals surface area contributed by atoms with Gasteiger partial charge in [0.2, 0.25) is 0 Å². The number of carbonyl (C=O) groups is 1. The summed E-state index contributed by atoms with van der Waals surface area (Å²) < 4.78 is 32.5. The highest BCUT2D eigenvalue weighted by Gasteiger charge is 2.30. The van der Waals surface area contributed by atoms with Gasteiger partial charge in [0.25, 0.3) is 10.2 Å². The van der Waals surface area contributed by atoms with Gasteiger partial charge in [0, 0.05) is 26.8 Å². The van der Waals surface area contributed by atoms with Crippen LogP contribution in [0.5, 0.6) is 0 Å². The van der Waals surface area contributed by atoms with Gasteiger partial charge in [-0.3, -0.25) is 4.79 Å². The van der Waals surface area contributed by atoms with E-state index in [0.717, 1.165) is 12.8 Å². The largest absolute Gasteiger partial charge is 0.480 e. The number of carboxylic acids is 1. The molecule has 0 aliphatic carbocycles. The van der Waals surface area contributed by atoms with Crippen LogP contribution in [0.2, 0.25) is 0 Å². The smallest absolute Gasteiger partial charge is 0.321 e. The van der Waals surface area contributed by atoms with E-state index in [2.05, 4.69) is 11.6 Å². The van der Waals surface area contributed by atoms with Crippen LogP contribution in [0.3, 0.4) is 0 Å². The summed E-state index contributed by atoms with van der Waals surface area (Å²) in [6, 6.07) is -1.15. The Morgan fingerprint density at radius 3 is 2.53 bits per heavy atom. The number of hydrogen-bond donors (Lipinski definition) is 2. The number of piperidine rings is 1. The molecule has 1 fully saturated rings. The van der Waals surface area contributed by atoms with Gasteiger partial charge in [-0.1, -0.05) is 6.92 Å². The first-order valence-corrected chi connectivity index (χ1v) is 7.80. The van der Waals surface area contributed by atoms with Crippen molar-refractivity contribution in [3.8, 4) is 0 Å². The maximum Gasteiger partial charge on any atom is 0.321 e. The lowest BCUT2D eigenvalue weighted by molar-refractivity contribution is -0.139. The van der Waals surface area contributed by atoms with Gasteiger partial charge >= 0.3 is 5.97 Å². The van der Waals surface area contributed by atoms with E-state index in [-0.39, 0.29) is 13.0 Å². The number of methoxy groups -OCH3 is 1. The quantitative estimate of drug-likeness (QED) is 0.691. The monoisotopic (exact) mass is 294 g/mol. The van der Waals surface area contributed by atoms with Gasteiger partial charge in [0.1, 0.15) is 6.04 Å². The molecule has 1 atom stereocenters. The second kappa shape index (κ2) is 7.18. The first-order valence-electron chi connectivity index (χ1n) is 6.36. The minimum atomic E-state index is -3.73. The summed E-state index contributed by atoms with van der Waals surface area (Å²) in [5.74, 6) is -0.679. The zero-order chi connectivity index (χ0) is 14.5. The predicted molar refractivity (Wildman–Crippen MR) is 69.9 cm³/mol. The molecule has 0 amide bonds. The van der Waals surface area contributed by atoms with E-state index < -0.39 is 22.2 Å². The summed E-state index contributed by atoms with van der Waals surface area (Å²) in [5, 5.41) is 9.00. The molecule has 0 saturated carbocycles. The average Bonchev–Trinajstić information content (AvgIpc) is 2.34. The first-order chi connectivity index (χ1) is 8.86. The third kappa shape index (κ3) is 5.06. The number of rotatable bonds is 7. The van der Waals surface area contributed by atoms with E-state index in [4.69, 9.17) is 9.84 Å². The van der Waals surface area contributed by atoms with Crippen molar-refractivity contribution < 1.29 is 23.1 Å². The van der Waals surface area contributed by atoms with Crippen LogP contribution in [-0.2, 0) is 19.7 Å². The molecule has 0 bridgehead atoms. The van der Waals surface area contributed by atoms with Crippen molar-refractivity contribution in [2.24, 2.45) is 5.92 Å². The molecule has 1 saturated heterocycles. The van der Waals surface area contributed by atoms with E-state index in [0.29, 0.717) is 19.0 Å². The van der Waals surface area contributed by atoms with Gasteiger partial charge in [-0.25, -0.2) is 0 Å². The van der Waals surface area contributed by atoms with Crippen molar-refractivity contribution >= 4 is 16.2 Å². The first kappa shape index (κ1) is 16.4. The standard InChI is InChI=1S/C11H22N2O5S/c1-9-3-6-13(7-4-9)19(16,17)12-10(11(14)15)5-8-18-2/h9-10,12H,3-8H2,1-2H3,(H,14,15). The number of carboxylic acid groups (broad SMARTS) is 1. The van der Waals surface area contributed by atoms with E-state index in [1.807, 2.05) is 0 Å². The zero-order valence-corrected chi connectivity index (χ0v) is 12.1. The van der Waals surface area contributed by atoms with Gasteiger partial charge < -0.3 is 9.84 Å². The number of nitrogens with zero attached hydrogens (tertiary/aromatic N) is 1. The summed E-state index contributed by atoms with van der Waals surface area (Å²) >= 11 is 0. The lowest BCUT2D eigenvalue weighted by atomic mass is 10.0. The SMILES string of the molecule is COCCC(NS(=O)(=O)N1CCC(C)CC1)C(=O)O. The molecule has 19 heavy (non-hydrogen) atoms. The summed E-state index contributed by atoms with van der Waals surface area (Å²) in [4.78, 5) is 11.0. The van der Waals surface area contributed by atoms with Crippen LogP contribution in [0.25, 0.3) is 0 Å². The van der Waals surface area contributed by atoms with E-state index in [1.54, 1.807) is 0 Å². The third-order valence-electron chi connectivity index (χ3n) is 3.28. The Kier molecular flexibility index (Phi) is 6.18. The molecule has 0 aromatic rings. The molecule has 2 N–H and O–H groups in total. The number of nitrogens with one attached hydrogen (secondary N) is 1. The van der Waals surface area contributed by atoms with Gasteiger partial charge in [-0.15, -0.1) is 0 Å². The maximum absolute atomic E-state index is 12.1. The van der Waals surface area contributed by atoms with Crippen molar-refractivity contribution in [2.45, 2.75) is 32.2 Å². The molecule has 1 rings (SSSR count). The number of ether oxygens (including phenoxy) is 1. The van der Waals surface area contributed by atoms with E-state index in [9.17, 15) is 13.2 Å². The predicted octanol–water partition coefficient (Wildman–Crippen LogP) is 0.0424. The number of hydrogen-bond acceptors (Lipinski definition) is 4. The Hall–Kier alpha value is -0.700. The van der Waals surface area contributed by atoms with Crippen LogP contribution < -0.4 is 4.72 Å². The third-order valence-corrected chi connectivity index (χ3v) is 4.91. The van der Waals surface area contributed by atoms with Crippen LogP contribution in [-0.4, -0.2) is 56.6 Å². The average molecular weight is 294 g/mol. The molecular weight excluding hydrogens is 272 g/mol. The van der Waals surface area contributed by atoms with Gasteiger partial charge in [0.05, 0.1) is 0 Å². The topological polar surface area (TPSA) is 95.9 Å². The Labute approximate surface area is 114 Å². The molecule has 1 aliphatic heterocycles. The Morgan fingerprint density at radius 1 is 1.47 bits per heavy atom. The van der Waals surface area contributed by atoms with Crippen molar-refractivity contribution in [3.05, 3.63) is 0 Å². The zero-order valence-electron chi connectivity index (χ0n) is 11.3. The Morgan fingerprint density at radius 2 is 2.05 bits per heavy atom. The van der Waals surface area contributed by atoms with Crippen LogP contribution in [0.4, 0.5) is 0 Å². The highest BCUT2D eigenvalue weighted by molar-refractivity contribution is 7.87. The fourth-order valence-electron chi connectivity index (χ4n) is 1.95. The second-order valence-electron chi connectivity index (χ2n) is 4.88. The molecule has 0 spiro atoms. The van der Waals surface area contributed by atoms with Crippen molar-refractivity contribution in [1.82, 2.24) is 9.03 Å². The molecule has 7 nitrogen and oxygen atoms in total. The van der Waals surface area contributed by atoms with Crippen LogP contribution in [0, 0.1) is 5.92 Å². The molecule has 0 aromatic heterocycles. The molecule has 1 aliphatic rings.